The van der Waals surface area contributed by atoms with Gasteiger partial charge in [0.15, 0.2) is 5.76 Å². The van der Waals surface area contributed by atoms with E-state index >= 15 is 0 Å². The number of para-hydroxylation sites is 1. The van der Waals surface area contributed by atoms with Crippen LogP contribution in [0.5, 0.6) is 0 Å². The molecule has 114 valence electrons. The highest BCUT2D eigenvalue weighted by Gasteiger charge is 2.18. The van der Waals surface area contributed by atoms with Gasteiger partial charge < -0.3 is 9.73 Å². The Balaban J connectivity index is 2.00. The fourth-order valence-electron chi connectivity index (χ4n) is 2.58. The zero-order valence-electron chi connectivity index (χ0n) is 13.4. The van der Waals surface area contributed by atoms with Crippen LogP contribution in [0.1, 0.15) is 56.2 Å². The van der Waals surface area contributed by atoms with E-state index in [9.17, 15) is 4.79 Å². The van der Waals surface area contributed by atoms with Crippen molar-refractivity contribution in [3.8, 4) is 0 Å². The lowest BCUT2D eigenvalue weighted by molar-refractivity contribution is 0.0911. The minimum Gasteiger partial charge on any atom is -0.451 e. The lowest BCUT2D eigenvalue weighted by Crippen LogP contribution is -2.32. The second-order valence-corrected chi connectivity index (χ2v) is 6.25. The van der Waals surface area contributed by atoms with Gasteiger partial charge in [0.25, 0.3) is 5.91 Å². The molecule has 0 saturated carbocycles. The normalized spacial score (nSPS) is 12.8. The Labute approximate surface area is 126 Å². The summed E-state index contributed by atoms with van der Waals surface area (Å²) in [7, 11) is 0. The summed E-state index contributed by atoms with van der Waals surface area (Å²) in [6.45, 7) is 8.43. The van der Waals surface area contributed by atoms with Crippen LogP contribution in [-0.4, -0.2) is 11.9 Å². The van der Waals surface area contributed by atoms with Crippen LogP contribution < -0.4 is 5.32 Å². The standard InChI is InChI=1S/C18H25NO2/c1-12(2)8-7-9-13(3)19-18(20)17-14(4)15-10-5-6-11-16(15)21-17/h5-6,10-13H,7-9H2,1-4H3,(H,19,20). The first-order chi connectivity index (χ1) is 9.99. The Morgan fingerprint density at radius 1 is 1.19 bits per heavy atom. The van der Waals surface area contributed by atoms with Crippen molar-refractivity contribution in [1.29, 1.82) is 0 Å². The van der Waals surface area contributed by atoms with Crippen molar-refractivity contribution < 1.29 is 9.21 Å². The predicted octanol–water partition coefficient (Wildman–Crippen LogP) is 4.69. The van der Waals surface area contributed by atoms with E-state index in [1.807, 2.05) is 31.2 Å². The van der Waals surface area contributed by atoms with E-state index in [1.165, 1.54) is 6.42 Å². The van der Waals surface area contributed by atoms with Gasteiger partial charge in [-0.3, -0.25) is 4.79 Å². The molecule has 2 rings (SSSR count). The van der Waals surface area contributed by atoms with Crippen molar-refractivity contribution in [2.24, 2.45) is 5.92 Å². The summed E-state index contributed by atoms with van der Waals surface area (Å²) in [6.07, 6.45) is 3.34. The second kappa shape index (κ2) is 6.79. The number of benzene rings is 1. The number of nitrogens with one attached hydrogen (secondary N) is 1. The molecule has 1 aromatic carbocycles. The fraction of sp³-hybridized carbons (Fsp3) is 0.500. The van der Waals surface area contributed by atoms with Crippen molar-refractivity contribution in [2.75, 3.05) is 0 Å². The minimum absolute atomic E-state index is 0.110. The summed E-state index contributed by atoms with van der Waals surface area (Å²) in [4.78, 5) is 12.3. The maximum atomic E-state index is 12.3. The first kappa shape index (κ1) is 15.6. The van der Waals surface area contributed by atoms with Crippen LogP contribution in [0.25, 0.3) is 11.0 Å². The van der Waals surface area contributed by atoms with Gasteiger partial charge in [-0.25, -0.2) is 0 Å². The van der Waals surface area contributed by atoms with Crippen LogP contribution in [0.2, 0.25) is 0 Å². The van der Waals surface area contributed by atoms with Crippen LogP contribution in [0, 0.1) is 12.8 Å². The van der Waals surface area contributed by atoms with E-state index in [0.29, 0.717) is 11.7 Å². The molecule has 21 heavy (non-hydrogen) atoms. The molecule has 0 fully saturated rings. The number of carbonyl (C=O) groups excluding carboxylic acids is 1. The number of hydrogen-bond acceptors (Lipinski definition) is 2. The smallest absolute Gasteiger partial charge is 0.287 e. The summed E-state index contributed by atoms with van der Waals surface area (Å²) in [5, 5.41) is 4.05. The van der Waals surface area contributed by atoms with Gasteiger partial charge in [-0.05, 0) is 32.3 Å². The van der Waals surface area contributed by atoms with E-state index in [2.05, 4.69) is 26.1 Å². The summed E-state index contributed by atoms with van der Waals surface area (Å²) in [5.74, 6) is 1.04. The van der Waals surface area contributed by atoms with E-state index in [1.54, 1.807) is 0 Å². The van der Waals surface area contributed by atoms with Crippen LogP contribution in [0.3, 0.4) is 0 Å². The minimum atomic E-state index is -0.110. The number of hydrogen-bond donors (Lipinski definition) is 1. The molecule has 1 atom stereocenters. The van der Waals surface area contributed by atoms with E-state index in [-0.39, 0.29) is 11.9 Å². The van der Waals surface area contributed by atoms with E-state index in [4.69, 9.17) is 4.42 Å². The highest BCUT2D eigenvalue weighted by Crippen LogP contribution is 2.24. The Morgan fingerprint density at radius 2 is 1.90 bits per heavy atom. The topological polar surface area (TPSA) is 42.2 Å². The van der Waals surface area contributed by atoms with Crippen molar-refractivity contribution in [2.45, 2.75) is 53.0 Å². The van der Waals surface area contributed by atoms with Crippen LogP contribution in [0.4, 0.5) is 0 Å². The van der Waals surface area contributed by atoms with Crippen molar-refractivity contribution in [1.82, 2.24) is 5.32 Å². The molecule has 0 saturated heterocycles. The molecule has 1 amide bonds. The monoisotopic (exact) mass is 287 g/mol. The van der Waals surface area contributed by atoms with Gasteiger partial charge in [0.1, 0.15) is 5.58 Å². The van der Waals surface area contributed by atoms with Crippen molar-refractivity contribution in [3.05, 3.63) is 35.6 Å². The average molecular weight is 287 g/mol. The largest absolute Gasteiger partial charge is 0.451 e. The highest BCUT2D eigenvalue weighted by molar-refractivity contribution is 5.98. The van der Waals surface area contributed by atoms with E-state index < -0.39 is 0 Å². The van der Waals surface area contributed by atoms with Gasteiger partial charge in [-0.2, -0.15) is 0 Å². The van der Waals surface area contributed by atoms with Gasteiger partial charge >= 0.3 is 0 Å². The summed E-state index contributed by atoms with van der Waals surface area (Å²) in [6, 6.07) is 7.92. The Morgan fingerprint density at radius 3 is 2.57 bits per heavy atom. The first-order valence-corrected chi connectivity index (χ1v) is 7.78. The van der Waals surface area contributed by atoms with Gasteiger partial charge in [-0.1, -0.05) is 44.9 Å². The highest BCUT2D eigenvalue weighted by atomic mass is 16.3. The van der Waals surface area contributed by atoms with E-state index in [0.717, 1.165) is 29.4 Å². The summed E-state index contributed by atoms with van der Waals surface area (Å²) < 4.78 is 5.69. The van der Waals surface area contributed by atoms with Crippen LogP contribution in [-0.2, 0) is 0 Å². The van der Waals surface area contributed by atoms with Gasteiger partial charge in [0.05, 0.1) is 0 Å². The fourth-order valence-corrected chi connectivity index (χ4v) is 2.58. The summed E-state index contributed by atoms with van der Waals surface area (Å²) in [5.41, 5.74) is 1.69. The molecule has 2 aromatic rings. The first-order valence-electron chi connectivity index (χ1n) is 7.78. The lowest BCUT2D eigenvalue weighted by Gasteiger charge is -2.13. The Bertz CT molecular complexity index is 613. The molecule has 0 aliphatic heterocycles. The van der Waals surface area contributed by atoms with Gasteiger partial charge in [0.2, 0.25) is 0 Å². The molecule has 1 heterocycles. The molecule has 1 aromatic heterocycles. The third-order valence-corrected chi connectivity index (χ3v) is 3.85. The molecule has 3 heteroatoms. The Hall–Kier alpha value is -1.77. The summed E-state index contributed by atoms with van der Waals surface area (Å²) >= 11 is 0. The third-order valence-electron chi connectivity index (χ3n) is 3.85. The predicted molar refractivity (Wildman–Crippen MR) is 86.6 cm³/mol. The number of rotatable bonds is 6. The van der Waals surface area contributed by atoms with Crippen molar-refractivity contribution in [3.63, 3.8) is 0 Å². The number of aryl methyl sites for hydroxylation is 1. The molecular weight excluding hydrogens is 262 g/mol. The van der Waals surface area contributed by atoms with Crippen molar-refractivity contribution >= 4 is 16.9 Å². The molecule has 0 radical (unpaired) electrons. The molecule has 0 bridgehead atoms. The molecule has 1 unspecified atom stereocenters. The molecule has 1 N–H and O–H groups in total. The molecular formula is C18H25NO2. The molecule has 0 aliphatic rings. The Kier molecular flexibility index (Phi) is 5.05. The molecule has 0 spiro atoms. The van der Waals surface area contributed by atoms with Crippen LogP contribution >= 0.6 is 0 Å². The lowest BCUT2D eigenvalue weighted by atomic mass is 10.0. The van der Waals surface area contributed by atoms with Gasteiger partial charge in [-0.15, -0.1) is 0 Å². The SMILES string of the molecule is Cc1c(C(=O)NC(C)CCCC(C)C)oc2ccccc12. The maximum absolute atomic E-state index is 12.3. The quantitative estimate of drug-likeness (QED) is 0.837. The maximum Gasteiger partial charge on any atom is 0.287 e. The van der Waals surface area contributed by atoms with Crippen LogP contribution in [0.15, 0.2) is 28.7 Å². The molecule has 0 aliphatic carbocycles. The molecule has 3 nitrogen and oxygen atoms in total. The number of carbonyl (C=O) groups is 1. The number of amides is 1. The third kappa shape index (κ3) is 3.87. The number of fused-ring (bicyclic) bond motifs is 1. The average Bonchev–Trinajstić information content (AvgIpc) is 2.76. The second-order valence-electron chi connectivity index (χ2n) is 6.25. The van der Waals surface area contributed by atoms with Gasteiger partial charge in [0, 0.05) is 17.0 Å². The zero-order chi connectivity index (χ0) is 15.4. The zero-order valence-corrected chi connectivity index (χ0v) is 13.4. The number of furan rings is 1.